The molecule has 1 atom stereocenters. The van der Waals surface area contributed by atoms with Gasteiger partial charge in [0.2, 0.25) is 11.5 Å². The summed E-state index contributed by atoms with van der Waals surface area (Å²) in [7, 11) is 2.06. The van der Waals surface area contributed by atoms with Crippen LogP contribution in [-0.4, -0.2) is 53.4 Å². The molecule has 1 aromatic heterocycles. The normalized spacial score (nSPS) is 17.7. The lowest BCUT2D eigenvalue weighted by molar-refractivity contribution is -0.136. The summed E-state index contributed by atoms with van der Waals surface area (Å²) in [5.74, 6) is 0.662. The van der Waals surface area contributed by atoms with Gasteiger partial charge in [0.15, 0.2) is 0 Å². The molecule has 1 aliphatic rings. The summed E-state index contributed by atoms with van der Waals surface area (Å²) in [6, 6.07) is 4.11. The molecule has 0 aliphatic carbocycles. The van der Waals surface area contributed by atoms with Crippen LogP contribution in [0.2, 0.25) is 0 Å². The van der Waals surface area contributed by atoms with E-state index in [-0.39, 0.29) is 17.4 Å². The van der Waals surface area contributed by atoms with Crippen molar-refractivity contribution in [3.05, 3.63) is 34.2 Å². The summed E-state index contributed by atoms with van der Waals surface area (Å²) in [6.45, 7) is 8.67. The van der Waals surface area contributed by atoms with Crippen LogP contribution in [0.1, 0.15) is 45.1 Å². The number of hydrogen-bond donors (Lipinski definition) is 1. The summed E-state index contributed by atoms with van der Waals surface area (Å²) in [4.78, 5) is 30.9. The number of likely N-dealkylation sites (tertiary alicyclic amines) is 1. The van der Waals surface area contributed by atoms with Crippen LogP contribution in [0.25, 0.3) is 0 Å². The van der Waals surface area contributed by atoms with E-state index in [1.165, 1.54) is 0 Å². The average molecular weight is 319 g/mol. The minimum atomic E-state index is -0.0497. The molecule has 1 fully saturated rings. The molecule has 1 saturated heterocycles. The number of aromatic amines is 1. The Kier molecular flexibility index (Phi) is 5.99. The van der Waals surface area contributed by atoms with Gasteiger partial charge < -0.3 is 14.8 Å². The van der Waals surface area contributed by atoms with Gasteiger partial charge in [0, 0.05) is 43.9 Å². The highest BCUT2D eigenvalue weighted by atomic mass is 16.2. The van der Waals surface area contributed by atoms with Crippen molar-refractivity contribution in [2.45, 2.75) is 45.6 Å². The van der Waals surface area contributed by atoms with E-state index in [2.05, 4.69) is 30.8 Å². The van der Waals surface area contributed by atoms with Crippen LogP contribution in [0.15, 0.2) is 23.1 Å². The van der Waals surface area contributed by atoms with Gasteiger partial charge >= 0.3 is 0 Å². The van der Waals surface area contributed by atoms with Gasteiger partial charge in [-0.1, -0.05) is 6.92 Å². The first-order valence-corrected chi connectivity index (χ1v) is 8.56. The van der Waals surface area contributed by atoms with Crippen molar-refractivity contribution in [2.75, 3.05) is 26.7 Å². The molecule has 2 rings (SSSR count). The number of nitrogens with one attached hydrogen (secondary N) is 1. The highest BCUT2D eigenvalue weighted by Crippen LogP contribution is 2.27. The molecule has 0 aromatic carbocycles. The van der Waals surface area contributed by atoms with E-state index in [1.54, 1.807) is 12.3 Å². The van der Waals surface area contributed by atoms with Crippen molar-refractivity contribution in [2.24, 2.45) is 5.92 Å². The topological polar surface area (TPSA) is 56.4 Å². The van der Waals surface area contributed by atoms with Gasteiger partial charge in [-0.05, 0) is 51.3 Å². The number of H-pyrrole nitrogens is 1. The molecule has 1 aliphatic heterocycles. The number of nitrogens with zero attached hydrogens (tertiary/aromatic N) is 2. The third-order valence-electron chi connectivity index (χ3n) is 4.94. The molecular formula is C18H29N3O2. The zero-order chi connectivity index (χ0) is 17.0. The van der Waals surface area contributed by atoms with Gasteiger partial charge in [-0.25, -0.2) is 0 Å². The van der Waals surface area contributed by atoms with Gasteiger partial charge in [0.05, 0.1) is 0 Å². The Labute approximate surface area is 138 Å². The molecule has 1 amide bonds. The van der Waals surface area contributed by atoms with E-state index in [1.807, 2.05) is 17.9 Å². The molecule has 5 nitrogen and oxygen atoms in total. The minimum Gasteiger partial charge on any atom is -0.342 e. The van der Waals surface area contributed by atoms with Crippen LogP contribution in [0, 0.1) is 5.92 Å². The van der Waals surface area contributed by atoms with E-state index >= 15 is 0 Å². The van der Waals surface area contributed by atoms with Crippen molar-refractivity contribution in [3.8, 4) is 0 Å². The molecule has 1 aromatic rings. The molecule has 0 spiro atoms. The summed E-state index contributed by atoms with van der Waals surface area (Å²) >= 11 is 0. The second-order valence-corrected chi connectivity index (χ2v) is 7.02. The summed E-state index contributed by atoms with van der Waals surface area (Å²) in [5.41, 5.74) is 1.04. The van der Waals surface area contributed by atoms with Crippen LogP contribution in [0.3, 0.4) is 0 Å². The maximum Gasteiger partial charge on any atom is 0.248 e. The zero-order valence-electron chi connectivity index (χ0n) is 14.7. The number of pyridine rings is 1. The van der Waals surface area contributed by atoms with E-state index in [4.69, 9.17) is 0 Å². The first-order chi connectivity index (χ1) is 10.9. The third kappa shape index (κ3) is 4.67. The molecule has 128 valence electrons. The fourth-order valence-electron chi connectivity index (χ4n) is 3.18. The van der Waals surface area contributed by atoms with Crippen molar-refractivity contribution in [3.63, 3.8) is 0 Å². The quantitative estimate of drug-likeness (QED) is 0.904. The largest absolute Gasteiger partial charge is 0.342 e. The van der Waals surface area contributed by atoms with Gasteiger partial charge in [-0.3, -0.25) is 9.59 Å². The lowest BCUT2D eigenvalue weighted by atomic mass is 9.89. The lowest BCUT2D eigenvalue weighted by Crippen LogP contribution is -2.44. The molecular weight excluding hydrogens is 290 g/mol. The molecule has 5 heteroatoms. The van der Waals surface area contributed by atoms with Crippen LogP contribution >= 0.6 is 0 Å². The zero-order valence-corrected chi connectivity index (χ0v) is 14.7. The van der Waals surface area contributed by atoms with E-state index in [9.17, 15) is 9.59 Å². The Morgan fingerprint density at radius 3 is 2.57 bits per heavy atom. The Morgan fingerprint density at radius 1 is 1.35 bits per heavy atom. The number of carbonyl (C=O) groups excluding carboxylic acids is 1. The summed E-state index contributed by atoms with van der Waals surface area (Å²) in [6.07, 6.45) is 3.57. The van der Waals surface area contributed by atoms with Gasteiger partial charge in [-0.2, -0.15) is 0 Å². The lowest BCUT2D eigenvalue weighted by Gasteiger charge is -2.35. The van der Waals surface area contributed by atoms with E-state index in [0.29, 0.717) is 12.0 Å². The Morgan fingerprint density at radius 2 is 2.00 bits per heavy atom. The van der Waals surface area contributed by atoms with Crippen LogP contribution < -0.4 is 5.56 Å². The number of amides is 1. The molecule has 1 N–H and O–H groups in total. The molecule has 0 saturated carbocycles. The average Bonchev–Trinajstić information content (AvgIpc) is 2.54. The van der Waals surface area contributed by atoms with E-state index < -0.39 is 0 Å². The number of hydrogen-bond acceptors (Lipinski definition) is 3. The molecule has 1 unspecified atom stereocenters. The second-order valence-electron chi connectivity index (χ2n) is 7.02. The number of piperidine rings is 1. The van der Waals surface area contributed by atoms with Gasteiger partial charge in [-0.15, -0.1) is 0 Å². The SMILES string of the molecule is CC(CN(C)C(C)C)C(=O)N1CCC(c2cc[nH]c(=O)c2)CC1. The minimum absolute atomic E-state index is 0.0264. The molecule has 0 radical (unpaired) electrons. The number of carbonyl (C=O) groups is 1. The highest BCUT2D eigenvalue weighted by molar-refractivity contribution is 5.78. The van der Waals surface area contributed by atoms with Crippen molar-refractivity contribution >= 4 is 5.91 Å². The maximum absolute atomic E-state index is 12.6. The predicted molar refractivity (Wildman–Crippen MR) is 92.5 cm³/mol. The van der Waals surface area contributed by atoms with Crippen LogP contribution in [-0.2, 0) is 4.79 Å². The van der Waals surface area contributed by atoms with Crippen molar-refractivity contribution in [1.82, 2.24) is 14.8 Å². The molecule has 2 heterocycles. The number of rotatable bonds is 5. The Balaban J connectivity index is 1.88. The van der Waals surface area contributed by atoms with Crippen LogP contribution in [0.5, 0.6) is 0 Å². The predicted octanol–water partition coefficient (Wildman–Crippen LogP) is 2.06. The summed E-state index contributed by atoms with van der Waals surface area (Å²) < 4.78 is 0. The Hall–Kier alpha value is -1.62. The monoisotopic (exact) mass is 319 g/mol. The fraction of sp³-hybridized carbons (Fsp3) is 0.667. The number of aromatic nitrogens is 1. The fourth-order valence-corrected chi connectivity index (χ4v) is 3.18. The van der Waals surface area contributed by atoms with Gasteiger partial charge in [0.1, 0.15) is 0 Å². The molecule has 23 heavy (non-hydrogen) atoms. The van der Waals surface area contributed by atoms with E-state index in [0.717, 1.165) is 38.0 Å². The third-order valence-corrected chi connectivity index (χ3v) is 4.94. The standard InChI is InChI=1S/C18H29N3O2/c1-13(2)20(4)12-14(3)18(23)21-9-6-15(7-10-21)16-5-8-19-17(22)11-16/h5,8,11,13-15H,6-7,9-10,12H2,1-4H3,(H,19,22). The molecule has 0 bridgehead atoms. The van der Waals surface area contributed by atoms with Crippen molar-refractivity contribution in [1.29, 1.82) is 0 Å². The van der Waals surface area contributed by atoms with Crippen molar-refractivity contribution < 1.29 is 4.79 Å². The maximum atomic E-state index is 12.6. The smallest absolute Gasteiger partial charge is 0.248 e. The summed E-state index contributed by atoms with van der Waals surface area (Å²) in [5, 5.41) is 0. The Bertz CT molecular complexity index is 574. The van der Waals surface area contributed by atoms with Gasteiger partial charge in [0.25, 0.3) is 0 Å². The van der Waals surface area contributed by atoms with Crippen LogP contribution in [0.4, 0.5) is 0 Å². The first-order valence-electron chi connectivity index (χ1n) is 8.56. The first kappa shape index (κ1) is 17.7. The highest BCUT2D eigenvalue weighted by Gasteiger charge is 2.27. The second kappa shape index (κ2) is 7.77.